The molecule has 1 N–H and O–H groups in total. The predicted octanol–water partition coefficient (Wildman–Crippen LogP) is 3.33. The highest BCUT2D eigenvalue weighted by Gasteiger charge is 2.58. The number of carbonyl (C=O) groups excluding carboxylic acids is 2. The maximum atomic E-state index is 12.9. The lowest BCUT2D eigenvalue weighted by molar-refractivity contribution is -0.138. The molecule has 3 aliphatic rings. The number of nitrogens with zero attached hydrogens (tertiary/aromatic N) is 1. The number of benzene rings is 1. The number of ether oxygens (including phenoxy) is 1. The molecule has 28 heavy (non-hydrogen) atoms. The molecule has 0 bridgehead atoms. The van der Waals surface area contributed by atoms with Gasteiger partial charge >= 0.3 is 12.3 Å². The fraction of sp³-hybridized carbons (Fsp3) is 0.600. The number of alkyl halides is 3. The van der Waals surface area contributed by atoms with E-state index in [9.17, 15) is 22.8 Å². The van der Waals surface area contributed by atoms with Crippen molar-refractivity contribution in [2.24, 2.45) is 11.8 Å². The number of carbonyl (C=O) groups is 2. The Balaban J connectivity index is 1.39. The lowest BCUT2D eigenvalue weighted by atomic mass is 9.86. The van der Waals surface area contributed by atoms with Gasteiger partial charge in [-0.15, -0.1) is 0 Å². The van der Waals surface area contributed by atoms with E-state index >= 15 is 0 Å². The van der Waals surface area contributed by atoms with Gasteiger partial charge in [0.2, 0.25) is 5.91 Å². The van der Waals surface area contributed by atoms with Crippen molar-refractivity contribution in [2.45, 2.75) is 37.3 Å². The Morgan fingerprint density at radius 2 is 2.00 bits per heavy atom. The number of halogens is 3. The van der Waals surface area contributed by atoms with Crippen LogP contribution in [0.25, 0.3) is 0 Å². The number of nitrogens with one attached hydrogen (secondary N) is 1. The number of fused-ring (bicyclic) bond motifs is 1. The molecule has 2 saturated heterocycles. The highest BCUT2D eigenvalue weighted by molar-refractivity contribution is 5.80. The molecule has 2 amide bonds. The molecule has 1 aromatic carbocycles. The predicted molar refractivity (Wildman–Crippen MR) is 94.5 cm³/mol. The van der Waals surface area contributed by atoms with E-state index in [0.29, 0.717) is 32.5 Å². The van der Waals surface area contributed by atoms with E-state index in [0.717, 1.165) is 30.5 Å². The first-order valence-corrected chi connectivity index (χ1v) is 9.67. The third-order valence-corrected chi connectivity index (χ3v) is 6.37. The Hall–Kier alpha value is -2.25. The van der Waals surface area contributed by atoms with Gasteiger partial charge in [0.1, 0.15) is 0 Å². The van der Waals surface area contributed by atoms with Crippen molar-refractivity contribution in [3.63, 3.8) is 0 Å². The van der Waals surface area contributed by atoms with Crippen molar-refractivity contribution < 1.29 is 27.5 Å². The zero-order chi connectivity index (χ0) is 19.9. The van der Waals surface area contributed by atoms with Gasteiger partial charge in [-0.1, -0.05) is 12.1 Å². The molecule has 4 rings (SSSR count). The Morgan fingerprint density at radius 1 is 1.25 bits per heavy atom. The fourth-order valence-corrected chi connectivity index (χ4v) is 4.63. The van der Waals surface area contributed by atoms with E-state index in [-0.39, 0.29) is 29.7 Å². The van der Waals surface area contributed by atoms with Gasteiger partial charge in [0.15, 0.2) is 0 Å². The number of hydrogen-bond donors (Lipinski definition) is 1. The van der Waals surface area contributed by atoms with Crippen molar-refractivity contribution >= 4 is 12.0 Å². The average molecular weight is 396 g/mol. The van der Waals surface area contributed by atoms with Crippen molar-refractivity contribution in [3.8, 4) is 0 Å². The van der Waals surface area contributed by atoms with Gasteiger partial charge in [-0.25, -0.2) is 4.79 Å². The zero-order valence-corrected chi connectivity index (χ0v) is 15.4. The molecule has 0 spiro atoms. The maximum Gasteiger partial charge on any atom is 0.416 e. The van der Waals surface area contributed by atoms with Crippen LogP contribution in [0.4, 0.5) is 18.0 Å². The van der Waals surface area contributed by atoms with Crippen LogP contribution in [0, 0.1) is 11.8 Å². The largest absolute Gasteiger partial charge is 0.450 e. The minimum atomic E-state index is -4.33. The molecule has 2 aliphatic heterocycles. The van der Waals surface area contributed by atoms with Gasteiger partial charge in [0.25, 0.3) is 0 Å². The van der Waals surface area contributed by atoms with Crippen molar-refractivity contribution in [2.75, 3.05) is 26.2 Å². The van der Waals surface area contributed by atoms with E-state index in [2.05, 4.69) is 5.32 Å². The van der Waals surface area contributed by atoms with Crippen LogP contribution >= 0.6 is 0 Å². The zero-order valence-electron chi connectivity index (χ0n) is 15.4. The summed E-state index contributed by atoms with van der Waals surface area (Å²) < 4.78 is 43.3. The van der Waals surface area contributed by atoms with Gasteiger partial charge in [0.05, 0.1) is 18.1 Å². The lowest BCUT2D eigenvalue weighted by Crippen LogP contribution is -2.46. The Bertz CT molecular complexity index is 765. The summed E-state index contributed by atoms with van der Waals surface area (Å²) in [7, 11) is 0. The minimum absolute atomic E-state index is 0.0510. The summed E-state index contributed by atoms with van der Waals surface area (Å²) in [6, 6.07) is 5.47. The molecule has 3 fully saturated rings. The number of amides is 2. The molecule has 5 nitrogen and oxygen atoms in total. The van der Waals surface area contributed by atoms with Crippen LogP contribution in [0.1, 0.15) is 36.8 Å². The van der Waals surface area contributed by atoms with Crippen molar-refractivity contribution in [1.82, 2.24) is 10.2 Å². The smallest absolute Gasteiger partial charge is 0.416 e. The second-order valence-corrected chi connectivity index (χ2v) is 8.02. The molecule has 0 unspecified atom stereocenters. The van der Waals surface area contributed by atoms with Gasteiger partial charge in [0, 0.05) is 25.0 Å². The number of cyclic esters (lactones) is 1. The second-order valence-electron chi connectivity index (χ2n) is 8.02. The summed E-state index contributed by atoms with van der Waals surface area (Å²) >= 11 is 0. The Labute approximate surface area is 161 Å². The van der Waals surface area contributed by atoms with E-state index in [4.69, 9.17) is 4.74 Å². The van der Waals surface area contributed by atoms with E-state index in [1.165, 1.54) is 0 Å². The highest BCUT2D eigenvalue weighted by atomic mass is 19.4. The normalized spacial score (nSPS) is 30.4. The molecular weight excluding hydrogens is 373 g/mol. The van der Waals surface area contributed by atoms with Gasteiger partial charge in [-0.2, -0.15) is 13.2 Å². The fourth-order valence-electron chi connectivity index (χ4n) is 4.63. The number of likely N-dealkylation sites (tertiary alicyclic amines) is 1. The van der Waals surface area contributed by atoms with Crippen LogP contribution in [-0.2, 0) is 21.1 Å². The Morgan fingerprint density at radius 3 is 2.68 bits per heavy atom. The van der Waals surface area contributed by atoms with E-state index in [1.54, 1.807) is 12.1 Å². The SMILES string of the molecule is O=C1NC[C@H](C(=O)N2CC[C@@]3(c4ccc(C(F)(F)F)cc4)C[C@H]3C2)CCCO1. The van der Waals surface area contributed by atoms with Crippen molar-refractivity contribution in [3.05, 3.63) is 35.4 Å². The lowest BCUT2D eigenvalue weighted by Gasteiger charge is -2.34. The second kappa shape index (κ2) is 6.97. The molecule has 2 heterocycles. The van der Waals surface area contributed by atoms with Crippen LogP contribution in [0.5, 0.6) is 0 Å². The third-order valence-electron chi connectivity index (χ3n) is 6.37. The first kappa shape index (κ1) is 19.1. The number of alkyl carbamates (subject to hydrolysis) is 1. The van der Waals surface area contributed by atoms with Gasteiger partial charge in [-0.3, -0.25) is 4.79 Å². The van der Waals surface area contributed by atoms with Crippen LogP contribution in [0.15, 0.2) is 24.3 Å². The summed E-state index contributed by atoms with van der Waals surface area (Å²) in [5.74, 6) is 0.0914. The third kappa shape index (κ3) is 3.56. The summed E-state index contributed by atoms with van der Waals surface area (Å²) in [6.45, 7) is 1.82. The van der Waals surface area contributed by atoms with E-state index < -0.39 is 17.8 Å². The summed E-state index contributed by atoms with van der Waals surface area (Å²) in [4.78, 5) is 26.1. The molecule has 3 atom stereocenters. The summed E-state index contributed by atoms with van der Waals surface area (Å²) in [5, 5.41) is 2.63. The van der Waals surface area contributed by atoms with Crippen molar-refractivity contribution in [1.29, 1.82) is 0 Å². The summed E-state index contributed by atoms with van der Waals surface area (Å²) in [6.07, 6.45) is -1.82. The molecule has 1 aliphatic carbocycles. The van der Waals surface area contributed by atoms with Crippen LogP contribution in [0.2, 0.25) is 0 Å². The monoisotopic (exact) mass is 396 g/mol. The highest BCUT2D eigenvalue weighted by Crippen LogP contribution is 2.59. The number of rotatable bonds is 2. The van der Waals surface area contributed by atoms with Gasteiger partial charge < -0.3 is 15.0 Å². The number of piperidine rings is 1. The molecule has 152 valence electrons. The van der Waals surface area contributed by atoms with Crippen LogP contribution < -0.4 is 5.32 Å². The van der Waals surface area contributed by atoms with Gasteiger partial charge in [-0.05, 0) is 49.3 Å². The first-order valence-electron chi connectivity index (χ1n) is 9.67. The minimum Gasteiger partial charge on any atom is -0.450 e. The van der Waals surface area contributed by atoms with Crippen LogP contribution in [-0.4, -0.2) is 43.1 Å². The molecular formula is C20H23F3N2O3. The quantitative estimate of drug-likeness (QED) is 0.834. The Kier molecular flexibility index (Phi) is 4.75. The molecule has 1 aromatic rings. The molecule has 1 saturated carbocycles. The average Bonchev–Trinajstić information content (AvgIpc) is 3.39. The molecule has 0 aromatic heterocycles. The molecule has 8 heteroatoms. The number of hydrogen-bond acceptors (Lipinski definition) is 3. The standard InChI is InChI=1S/C20H23F3N2O3/c21-20(22,23)15-5-3-14(4-6-15)19-7-8-25(12-16(19)10-19)17(26)13-2-1-9-28-18(27)24-11-13/h3-6,13,16H,1-2,7-12H2,(H,24,27)/t13-,16+,19+/m1/s1. The summed E-state index contributed by atoms with van der Waals surface area (Å²) in [5.41, 5.74) is 0.213. The van der Waals surface area contributed by atoms with Crippen LogP contribution in [0.3, 0.4) is 0 Å². The maximum absolute atomic E-state index is 12.9. The topological polar surface area (TPSA) is 58.6 Å². The molecule has 0 radical (unpaired) electrons. The first-order chi connectivity index (χ1) is 13.3. The van der Waals surface area contributed by atoms with E-state index in [1.807, 2.05) is 4.90 Å².